The van der Waals surface area contributed by atoms with E-state index in [1.807, 2.05) is 38.1 Å². The molecule has 1 N–H and O–H groups in total. The van der Waals surface area contributed by atoms with Gasteiger partial charge in [-0.2, -0.15) is 0 Å². The van der Waals surface area contributed by atoms with Crippen LogP contribution >= 0.6 is 11.8 Å². The first-order valence-corrected chi connectivity index (χ1v) is 9.98. The molecule has 1 aromatic carbocycles. The Hall–Kier alpha value is -2.54. The van der Waals surface area contributed by atoms with Crippen molar-refractivity contribution in [1.82, 2.24) is 20.1 Å². The summed E-state index contributed by atoms with van der Waals surface area (Å²) in [5.74, 6) is 1.60. The minimum atomic E-state index is -0.234. The van der Waals surface area contributed by atoms with Crippen LogP contribution in [-0.4, -0.2) is 32.0 Å². The second kappa shape index (κ2) is 7.60. The van der Waals surface area contributed by atoms with Crippen LogP contribution in [0.1, 0.15) is 31.1 Å². The molecule has 140 valence electrons. The summed E-state index contributed by atoms with van der Waals surface area (Å²) in [6.45, 7) is 4.45. The Balaban J connectivity index is 1.63. The minimum Gasteiger partial charge on any atom is -0.469 e. The molecule has 0 saturated heterocycles. The van der Waals surface area contributed by atoms with Crippen LogP contribution < -0.4 is 5.32 Å². The normalized spacial score (nSPS) is 14.9. The third-order valence-corrected chi connectivity index (χ3v) is 5.66. The van der Waals surface area contributed by atoms with E-state index < -0.39 is 0 Å². The molecule has 2 aromatic heterocycles. The Morgan fingerprint density at radius 2 is 2.07 bits per heavy atom. The number of hydrogen-bond donors (Lipinski definition) is 1. The SMILES string of the molecule is Cc1occc1-c1nnc(S[C@@H](C)C(=O)NC2CC2)n1Cc1ccccc1. The van der Waals surface area contributed by atoms with Gasteiger partial charge in [0.25, 0.3) is 0 Å². The van der Waals surface area contributed by atoms with E-state index in [1.54, 1.807) is 6.26 Å². The lowest BCUT2D eigenvalue weighted by Gasteiger charge is -2.13. The first kappa shape index (κ1) is 17.9. The average molecular weight is 382 g/mol. The number of carbonyl (C=O) groups excluding carboxylic acids is 1. The quantitative estimate of drug-likeness (QED) is 0.632. The number of rotatable bonds is 7. The van der Waals surface area contributed by atoms with Crippen LogP contribution in [0.15, 0.2) is 52.2 Å². The van der Waals surface area contributed by atoms with Gasteiger partial charge < -0.3 is 9.73 Å². The number of aryl methyl sites for hydroxylation is 1. The zero-order valence-electron chi connectivity index (χ0n) is 15.4. The molecule has 1 fully saturated rings. The van der Waals surface area contributed by atoms with Gasteiger partial charge in [0.2, 0.25) is 5.91 Å². The lowest BCUT2D eigenvalue weighted by atomic mass is 10.2. The van der Waals surface area contributed by atoms with Gasteiger partial charge in [-0.15, -0.1) is 10.2 Å². The van der Waals surface area contributed by atoms with Crippen molar-refractivity contribution in [3.8, 4) is 11.4 Å². The van der Waals surface area contributed by atoms with Gasteiger partial charge in [-0.1, -0.05) is 42.1 Å². The highest BCUT2D eigenvalue weighted by atomic mass is 32.2. The molecule has 1 saturated carbocycles. The number of furan rings is 1. The van der Waals surface area contributed by atoms with E-state index in [2.05, 4.69) is 32.2 Å². The molecular weight excluding hydrogens is 360 g/mol. The second-order valence-electron chi connectivity index (χ2n) is 6.81. The van der Waals surface area contributed by atoms with Crippen molar-refractivity contribution in [1.29, 1.82) is 0 Å². The van der Waals surface area contributed by atoms with Gasteiger partial charge in [-0.3, -0.25) is 9.36 Å². The number of benzene rings is 1. The lowest BCUT2D eigenvalue weighted by molar-refractivity contribution is -0.120. The summed E-state index contributed by atoms with van der Waals surface area (Å²) in [6, 6.07) is 12.4. The Bertz CT molecular complexity index is 931. The van der Waals surface area contributed by atoms with E-state index in [4.69, 9.17) is 4.42 Å². The lowest BCUT2D eigenvalue weighted by Crippen LogP contribution is -2.32. The first-order valence-electron chi connectivity index (χ1n) is 9.10. The van der Waals surface area contributed by atoms with E-state index in [0.717, 1.165) is 40.7 Å². The monoisotopic (exact) mass is 382 g/mol. The molecule has 3 aromatic rings. The predicted octanol–water partition coefficient (Wildman–Crippen LogP) is 3.65. The Morgan fingerprint density at radius 3 is 2.74 bits per heavy atom. The maximum atomic E-state index is 12.4. The smallest absolute Gasteiger partial charge is 0.233 e. The van der Waals surface area contributed by atoms with Gasteiger partial charge in [0, 0.05) is 6.04 Å². The van der Waals surface area contributed by atoms with Crippen LogP contribution in [0, 0.1) is 6.92 Å². The van der Waals surface area contributed by atoms with Crippen LogP contribution in [0.5, 0.6) is 0 Å². The van der Waals surface area contributed by atoms with Crippen molar-refractivity contribution < 1.29 is 9.21 Å². The Kier molecular flexibility index (Phi) is 5.03. The standard InChI is InChI=1S/C20H22N4O2S/c1-13-17(10-11-26-13)18-22-23-20(24(18)12-15-6-4-3-5-7-15)27-14(2)19(25)21-16-8-9-16/h3-7,10-11,14,16H,8-9,12H2,1-2H3,(H,21,25)/t14-/m0/s1. The van der Waals surface area contributed by atoms with Gasteiger partial charge in [-0.25, -0.2) is 0 Å². The molecule has 27 heavy (non-hydrogen) atoms. The van der Waals surface area contributed by atoms with Crippen molar-refractivity contribution in [2.24, 2.45) is 0 Å². The fraction of sp³-hybridized carbons (Fsp3) is 0.350. The summed E-state index contributed by atoms with van der Waals surface area (Å²) in [6.07, 6.45) is 3.82. The van der Waals surface area contributed by atoms with Gasteiger partial charge in [0.1, 0.15) is 5.76 Å². The molecule has 0 unspecified atom stereocenters. The molecule has 6 nitrogen and oxygen atoms in total. The summed E-state index contributed by atoms with van der Waals surface area (Å²) >= 11 is 1.44. The summed E-state index contributed by atoms with van der Waals surface area (Å²) in [7, 11) is 0. The molecule has 0 aliphatic heterocycles. The highest BCUT2D eigenvalue weighted by molar-refractivity contribution is 8.00. The van der Waals surface area contributed by atoms with Crippen molar-refractivity contribution in [3.05, 3.63) is 54.0 Å². The van der Waals surface area contributed by atoms with Crippen LogP contribution in [0.25, 0.3) is 11.4 Å². The van der Waals surface area contributed by atoms with Crippen LogP contribution in [0.2, 0.25) is 0 Å². The number of nitrogens with zero attached hydrogens (tertiary/aromatic N) is 3. The van der Waals surface area contributed by atoms with Crippen molar-refractivity contribution in [3.63, 3.8) is 0 Å². The number of aromatic nitrogens is 3. The van der Waals surface area contributed by atoms with Gasteiger partial charge in [-0.05, 0) is 38.3 Å². The third-order valence-electron chi connectivity index (χ3n) is 4.58. The molecule has 1 atom stereocenters. The molecule has 0 spiro atoms. The fourth-order valence-corrected chi connectivity index (χ4v) is 3.72. The topological polar surface area (TPSA) is 72.9 Å². The largest absolute Gasteiger partial charge is 0.469 e. The van der Waals surface area contributed by atoms with Crippen molar-refractivity contribution in [2.75, 3.05) is 0 Å². The van der Waals surface area contributed by atoms with Gasteiger partial charge in [0.05, 0.1) is 23.6 Å². The predicted molar refractivity (Wildman–Crippen MR) is 104 cm³/mol. The maximum absolute atomic E-state index is 12.4. The molecule has 7 heteroatoms. The van der Waals surface area contributed by atoms with E-state index in [1.165, 1.54) is 11.8 Å². The fourth-order valence-electron chi connectivity index (χ4n) is 2.86. The first-order chi connectivity index (χ1) is 13.1. The summed E-state index contributed by atoms with van der Waals surface area (Å²) in [5.41, 5.74) is 2.07. The molecule has 1 aliphatic rings. The molecule has 2 heterocycles. The van der Waals surface area contributed by atoms with E-state index in [9.17, 15) is 4.79 Å². The summed E-state index contributed by atoms with van der Waals surface area (Å²) in [5, 5.41) is 12.3. The minimum absolute atomic E-state index is 0.0535. The van der Waals surface area contributed by atoms with E-state index in [0.29, 0.717) is 12.6 Å². The summed E-state index contributed by atoms with van der Waals surface area (Å²) in [4.78, 5) is 12.4. The highest BCUT2D eigenvalue weighted by Gasteiger charge is 2.27. The van der Waals surface area contributed by atoms with Gasteiger partial charge >= 0.3 is 0 Å². The van der Waals surface area contributed by atoms with Crippen LogP contribution in [0.4, 0.5) is 0 Å². The van der Waals surface area contributed by atoms with E-state index in [-0.39, 0.29) is 11.2 Å². The number of nitrogens with one attached hydrogen (secondary N) is 1. The molecule has 1 amide bonds. The van der Waals surface area contributed by atoms with Gasteiger partial charge in [0.15, 0.2) is 11.0 Å². The average Bonchev–Trinajstić information content (AvgIpc) is 3.26. The second-order valence-corrected chi connectivity index (χ2v) is 8.12. The molecular formula is C20H22N4O2S. The van der Waals surface area contributed by atoms with Crippen molar-refractivity contribution >= 4 is 17.7 Å². The molecule has 0 bridgehead atoms. The number of hydrogen-bond acceptors (Lipinski definition) is 5. The molecule has 4 rings (SSSR count). The third kappa shape index (κ3) is 4.08. The molecule has 0 radical (unpaired) electrons. The zero-order chi connectivity index (χ0) is 18.8. The van der Waals surface area contributed by atoms with E-state index >= 15 is 0 Å². The van der Waals surface area contributed by atoms with Crippen LogP contribution in [0.3, 0.4) is 0 Å². The number of thioether (sulfide) groups is 1. The maximum Gasteiger partial charge on any atom is 0.233 e. The van der Waals surface area contributed by atoms with Crippen molar-refractivity contribution in [2.45, 2.75) is 49.7 Å². The summed E-state index contributed by atoms with van der Waals surface area (Å²) < 4.78 is 7.51. The highest BCUT2D eigenvalue weighted by Crippen LogP contribution is 2.30. The Labute approximate surface area is 162 Å². The zero-order valence-corrected chi connectivity index (χ0v) is 16.2. The Morgan fingerprint density at radius 1 is 1.30 bits per heavy atom. The van der Waals surface area contributed by atoms with Crippen LogP contribution in [-0.2, 0) is 11.3 Å². The molecule has 1 aliphatic carbocycles. The number of carbonyl (C=O) groups is 1. The number of amides is 1.